The van der Waals surface area contributed by atoms with Crippen LogP contribution in [0.25, 0.3) is 16.3 Å². The number of para-hydroxylation sites is 1. The first kappa shape index (κ1) is 15.6. The normalized spacial score (nSPS) is 12.2. The third-order valence-corrected chi connectivity index (χ3v) is 4.80. The minimum absolute atomic E-state index is 0.174. The van der Waals surface area contributed by atoms with E-state index in [4.69, 9.17) is 9.47 Å². The molecule has 4 rings (SSSR count). The van der Waals surface area contributed by atoms with Gasteiger partial charge >= 0.3 is 0 Å². The maximum atomic E-state index is 5.95. The van der Waals surface area contributed by atoms with E-state index in [0.29, 0.717) is 5.82 Å². The van der Waals surface area contributed by atoms with Crippen LogP contribution in [0.1, 0.15) is 18.0 Å². The molecule has 0 saturated carbocycles. The Balaban J connectivity index is 1.66. The summed E-state index contributed by atoms with van der Waals surface area (Å²) in [5.41, 5.74) is 0.903. The minimum Gasteiger partial charge on any atom is -0.497 e. The van der Waals surface area contributed by atoms with Gasteiger partial charge in [-0.3, -0.25) is 0 Å². The molecule has 0 N–H and O–H groups in total. The molecule has 0 fully saturated rings. The Morgan fingerprint density at radius 1 is 1.00 bits per heavy atom. The molecular formula is C18H16N4O2S. The summed E-state index contributed by atoms with van der Waals surface area (Å²) in [6.07, 6.45) is -0.174. The van der Waals surface area contributed by atoms with E-state index >= 15 is 0 Å². The number of methoxy groups -OCH3 is 1. The van der Waals surface area contributed by atoms with Crippen molar-refractivity contribution in [2.75, 3.05) is 7.11 Å². The zero-order valence-electron chi connectivity index (χ0n) is 13.8. The number of ether oxygens (including phenoxy) is 2. The Kier molecular flexibility index (Phi) is 4.07. The zero-order valence-corrected chi connectivity index (χ0v) is 14.6. The number of hydrogen-bond acceptors (Lipinski definition) is 6. The molecule has 0 aliphatic carbocycles. The highest BCUT2D eigenvalue weighted by atomic mass is 32.1. The second-order valence-electron chi connectivity index (χ2n) is 5.46. The van der Waals surface area contributed by atoms with Crippen LogP contribution >= 0.6 is 11.3 Å². The van der Waals surface area contributed by atoms with Crippen LogP contribution < -0.4 is 9.47 Å². The van der Waals surface area contributed by atoms with E-state index in [1.54, 1.807) is 11.6 Å². The fraction of sp³-hybridized carbons (Fsp3) is 0.167. The number of rotatable bonds is 5. The summed E-state index contributed by atoms with van der Waals surface area (Å²) in [5, 5.41) is 14.0. The van der Waals surface area contributed by atoms with Gasteiger partial charge in [0.2, 0.25) is 4.96 Å². The van der Waals surface area contributed by atoms with Gasteiger partial charge in [0.25, 0.3) is 0 Å². The molecular weight excluding hydrogens is 336 g/mol. The molecule has 2 aromatic carbocycles. The van der Waals surface area contributed by atoms with Crippen molar-refractivity contribution < 1.29 is 9.47 Å². The molecule has 1 atom stereocenters. The van der Waals surface area contributed by atoms with E-state index < -0.39 is 0 Å². The second-order valence-corrected chi connectivity index (χ2v) is 6.45. The molecule has 7 heteroatoms. The average molecular weight is 352 g/mol. The van der Waals surface area contributed by atoms with Crippen LogP contribution in [-0.4, -0.2) is 26.9 Å². The SMILES string of the molecule is COc1cccc(-c2nnc3sc([C@H](C)Oc4ccccc4)nn23)c1. The third-order valence-electron chi connectivity index (χ3n) is 3.74. The smallest absolute Gasteiger partial charge is 0.235 e. The van der Waals surface area contributed by atoms with Crippen LogP contribution in [0.2, 0.25) is 0 Å². The average Bonchev–Trinajstić information content (AvgIpc) is 3.23. The Morgan fingerprint density at radius 3 is 2.60 bits per heavy atom. The lowest BCUT2D eigenvalue weighted by atomic mass is 10.2. The molecule has 4 aromatic rings. The minimum atomic E-state index is -0.174. The van der Waals surface area contributed by atoms with Crippen LogP contribution in [0.3, 0.4) is 0 Å². The molecule has 0 saturated heterocycles. The van der Waals surface area contributed by atoms with Crippen molar-refractivity contribution in [1.29, 1.82) is 0 Å². The molecule has 0 aliphatic rings. The lowest BCUT2D eigenvalue weighted by molar-refractivity contribution is 0.225. The molecule has 2 aromatic heterocycles. The molecule has 2 heterocycles. The Morgan fingerprint density at radius 2 is 1.80 bits per heavy atom. The monoisotopic (exact) mass is 352 g/mol. The molecule has 0 bridgehead atoms. The van der Waals surface area contributed by atoms with Crippen molar-refractivity contribution in [3.05, 3.63) is 59.6 Å². The molecule has 0 aliphatic heterocycles. The van der Waals surface area contributed by atoms with Gasteiger partial charge in [0, 0.05) is 5.56 Å². The Hall–Kier alpha value is -2.93. The third kappa shape index (κ3) is 3.06. The first-order chi connectivity index (χ1) is 12.2. The number of benzene rings is 2. The fourth-order valence-corrected chi connectivity index (χ4v) is 3.31. The number of hydrogen-bond donors (Lipinski definition) is 0. The first-order valence-corrected chi connectivity index (χ1v) is 8.64. The van der Waals surface area contributed by atoms with Gasteiger partial charge in [-0.15, -0.1) is 10.2 Å². The standard InChI is InChI=1S/C18H16N4O2S/c1-12(24-14-8-4-3-5-9-14)17-21-22-16(19-20-18(22)25-17)13-7-6-10-15(11-13)23-2/h3-12H,1-2H3/t12-/m0/s1. The predicted octanol–water partition coefficient (Wildman–Crippen LogP) is 4.00. The van der Waals surface area contributed by atoms with Gasteiger partial charge in [0.15, 0.2) is 10.8 Å². The maximum Gasteiger partial charge on any atom is 0.235 e. The van der Waals surface area contributed by atoms with E-state index in [-0.39, 0.29) is 6.10 Å². The summed E-state index contributed by atoms with van der Waals surface area (Å²) in [7, 11) is 1.64. The Bertz CT molecular complexity index is 997. The quantitative estimate of drug-likeness (QED) is 0.543. The highest BCUT2D eigenvalue weighted by Crippen LogP contribution is 2.28. The van der Waals surface area contributed by atoms with Crippen LogP contribution in [0.15, 0.2) is 54.6 Å². The molecule has 0 amide bonds. The first-order valence-electron chi connectivity index (χ1n) is 7.83. The summed E-state index contributed by atoms with van der Waals surface area (Å²) < 4.78 is 13.0. The lowest BCUT2D eigenvalue weighted by Crippen LogP contribution is -2.03. The second kappa shape index (κ2) is 6.52. The number of aromatic nitrogens is 4. The van der Waals surface area contributed by atoms with Gasteiger partial charge in [0.05, 0.1) is 7.11 Å². The van der Waals surface area contributed by atoms with E-state index in [9.17, 15) is 0 Å². The van der Waals surface area contributed by atoms with E-state index in [0.717, 1.165) is 27.0 Å². The fourth-order valence-electron chi connectivity index (χ4n) is 2.49. The molecule has 0 spiro atoms. The zero-order chi connectivity index (χ0) is 17.2. The van der Waals surface area contributed by atoms with E-state index in [1.165, 1.54) is 11.3 Å². The molecule has 0 radical (unpaired) electrons. The number of fused-ring (bicyclic) bond motifs is 1. The molecule has 25 heavy (non-hydrogen) atoms. The predicted molar refractivity (Wildman–Crippen MR) is 96.1 cm³/mol. The largest absolute Gasteiger partial charge is 0.497 e. The highest BCUT2D eigenvalue weighted by molar-refractivity contribution is 7.16. The summed E-state index contributed by atoms with van der Waals surface area (Å²) in [6, 6.07) is 17.4. The number of nitrogens with zero attached hydrogens (tertiary/aromatic N) is 4. The highest BCUT2D eigenvalue weighted by Gasteiger charge is 2.18. The Labute approximate surface area is 148 Å². The summed E-state index contributed by atoms with van der Waals surface area (Å²) in [6.45, 7) is 1.98. The van der Waals surface area contributed by atoms with Crippen molar-refractivity contribution in [3.8, 4) is 22.9 Å². The van der Waals surface area contributed by atoms with Gasteiger partial charge in [-0.1, -0.05) is 41.7 Å². The summed E-state index contributed by atoms with van der Waals surface area (Å²) >= 11 is 1.47. The van der Waals surface area contributed by atoms with E-state index in [2.05, 4.69) is 15.3 Å². The van der Waals surface area contributed by atoms with Crippen LogP contribution in [0.4, 0.5) is 0 Å². The van der Waals surface area contributed by atoms with Gasteiger partial charge in [-0.2, -0.15) is 9.61 Å². The van der Waals surface area contributed by atoms with Gasteiger partial charge in [-0.25, -0.2) is 0 Å². The van der Waals surface area contributed by atoms with Gasteiger partial charge < -0.3 is 9.47 Å². The van der Waals surface area contributed by atoms with Crippen LogP contribution in [0, 0.1) is 0 Å². The van der Waals surface area contributed by atoms with Crippen LogP contribution in [0.5, 0.6) is 11.5 Å². The van der Waals surface area contributed by atoms with Gasteiger partial charge in [-0.05, 0) is 31.2 Å². The van der Waals surface area contributed by atoms with E-state index in [1.807, 2.05) is 61.5 Å². The van der Waals surface area contributed by atoms with Crippen molar-refractivity contribution >= 4 is 16.3 Å². The van der Waals surface area contributed by atoms with Crippen molar-refractivity contribution in [2.45, 2.75) is 13.0 Å². The maximum absolute atomic E-state index is 5.95. The van der Waals surface area contributed by atoms with Gasteiger partial charge in [0.1, 0.15) is 17.6 Å². The lowest BCUT2D eigenvalue weighted by Gasteiger charge is -2.11. The molecule has 6 nitrogen and oxygen atoms in total. The van der Waals surface area contributed by atoms with Crippen molar-refractivity contribution in [1.82, 2.24) is 19.8 Å². The van der Waals surface area contributed by atoms with Crippen molar-refractivity contribution in [3.63, 3.8) is 0 Å². The van der Waals surface area contributed by atoms with Crippen molar-refractivity contribution in [2.24, 2.45) is 0 Å². The van der Waals surface area contributed by atoms with Crippen LogP contribution in [-0.2, 0) is 0 Å². The molecule has 126 valence electrons. The summed E-state index contributed by atoms with van der Waals surface area (Å²) in [4.78, 5) is 0.733. The topological polar surface area (TPSA) is 61.5 Å². The summed E-state index contributed by atoms with van der Waals surface area (Å²) in [5.74, 6) is 2.27. The molecule has 0 unspecified atom stereocenters.